The lowest BCUT2D eigenvalue weighted by Gasteiger charge is -2.26. The lowest BCUT2D eigenvalue weighted by Crippen LogP contribution is -2.35. The molecule has 0 atom stereocenters. The van der Waals surface area contributed by atoms with Crippen LogP contribution >= 0.6 is 0 Å². The van der Waals surface area contributed by atoms with Crippen molar-refractivity contribution in [3.8, 4) is 11.1 Å². The second-order valence-electron chi connectivity index (χ2n) is 4.76. The zero-order chi connectivity index (χ0) is 12.9. The lowest BCUT2D eigenvalue weighted by atomic mass is 10.0. The summed E-state index contributed by atoms with van der Waals surface area (Å²) in [5.74, 6) is 0. The number of nitrogens with zero attached hydrogens (tertiary/aromatic N) is 2. The fourth-order valence-electron chi connectivity index (χ4n) is 2.35. The maximum Gasteiger partial charge on any atom is 0.0594 e. The molecule has 0 amide bonds. The number of rotatable bonds is 3. The first-order valence-electron chi connectivity index (χ1n) is 6.62. The molecular weight excluding hydrogens is 236 g/mol. The fourth-order valence-corrected chi connectivity index (χ4v) is 2.35. The standard InChI is InChI=1S/C16H17N2O/c1-3-14(13-18-7-9-19-10-8-18)11-15(4-1)16-5-2-6-17-12-16/h1,3-6,11-12H,7-10,13H2. The molecule has 1 fully saturated rings. The Bertz CT molecular complexity index is 521. The van der Waals surface area contributed by atoms with Gasteiger partial charge in [-0.3, -0.25) is 9.88 Å². The van der Waals surface area contributed by atoms with Gasteiger partial charge in [-0.15, -0.1) is 0 Å². The van der Waals surface area contributed by atoms with Crippen LogP contribution in [-0.2, 0) is 11.3 Å². The van der Waals surface area contributed by atoms with E-state index in [4.69, 9.17) is 4.74 Å². The molecule has 19 heavy (non-hydrogen) atoms. The highest BCUT2D eigenvalue weighted by Crippen LogP contribution is 2.20. The number of hydrogen-bond acceptors (Lipinski definition) is 3. The van der Waals surface area contributed by atoms with E-state index >= 15 is 0 Å². The summed E-state index contributed by atoms with van der Waals surface area (Å²) in [5, 5.41) is 0. The molecular formula is C16H17N2O. The summed E-state index contributed by atoms with van der Waals surface area (Å²) in [6.07, 6.45) is 3.56. The quantitative estimate of drug-likeness (QED) is 0.839. The minimum absolute atomic E-state index is 0.844. The summed E-state index contributed by atoms with van der Waals surface area (Å²) in [6.45, 7) is 4.71. The maximum atomic E-state index is 5.38. The Kier molecular flexibility index (Phi) is 3.86. The Labute approximate surface area is 113 Å². The van der Waals surface area contributed by atoms with Crippen molar-refractivity contribution in [2.24, 2.45) is 0 Å². The van der Waals surface area contributed by atoms with E-state index in [0.717, 1.165) is 38.4 Å². The lowest BCUT2D eigenvalue weighted by molar-refractivity contribution is 0.0342. The number of ether oxygens (including phenoxy) is 1. The molecule has 1 saturated heterocycles. The molecule has 3 nitrogen and oxygen atoms in total. The van der Waals surface area contributed by atoms with Crippen molar-refractivity contribution in [2.45, 2.75) is 6.54 Å². The van der Waals surface area contributed by atoms with Gasteiger partial charge in [0.2, 0.25) is 0 Å². The summed E-state index contributed by atoms with van der Waals surface area (Å²) < 4.78 is 5.38. The number of hydrogen-bond donors (Lipinski definition) is 0. The van der Waals surface area contributed by atoms with Crippen molar-refractivity contribution in [3.63, 3.8) is 0 Å². The first-order valence-corrected chi connectivity index (χ1v) is 6.62. The van der Waals surface area contributed by atoms with Gasteiger partial charge in [0.1, 0.15) is 0 Å². The third-order valence-electron chi connectivity index (χ3n) is 3.37. The highest BCUT2D eigenvalue weighted by Gasteiger charge is 2.10. The molecule has 0 N–H and O–H groups in total. The van der Waals surface area contributed by atoms with Gasteiger partial charge in [0, 0.05) is 43.7 Å². The summed E-state index contributed by atoms with van der Waals surface area (Å²) in [7, 11) is 0. The second-order valence-corrected chi connectivity index (χ2v) is 4.76. The molecule has 0 saturated carbocycles. The average Bonchev–Trinajstić information content (AvgIpc) is 2.49. The van der Waals surface area contributed by atoms with E-state index < -0.39 is 0 Å². The van der Waals surface area contributed by atoms with Crippen LogP contribution in [0.4, 0.5) is 0 Å². The molecule has 0 aliphatic carbocycles. The van der Waals surface area contributed by atoms with E-state index in [9.17, 15) is 0 Å². The van der Waals surface area contributed by atoms with Crippen molar-refractivity contribution in [2.75, 3.05) is 26.3 Å². The molecule has 2 heterocycles. The van der Waals surface area contributed by atoms with Crippen molar-refractivity contribution in [1.82, 2.24) is 9.88 Å². The van der Waals surface area contributed by atoms with Gasteiger partial charge < -0.3 is 4.74 Å². The van der Waals surface area contributed by atoms with Gasteiger partial charge in [-0.2, -0.15) is 0 Å². The van der Waals surface area contributed by atoms with Crippen molar-refractivity contribution >= 4 is 0 Å². The second kappa shape index (κ2) is 5.95. The normalized spacial score (nSPS) is 16.4. The first-order chi connectivity index (χ1) is 9.42. The smallest absolute Gasteiger partial charge is 0.0594 e. The number of pyridine rings is 1. The SMILES string of the molecule is [c]1cncc(-c2cccc(CN3CCOCC3)c2)c1. The van der Waals surface area contributed by atoms with E-state index in [1.165, 1.54) is 11.1 Å². The van der Waals surface area contributed by atoms with E-state index in [1.54, 1.807) is 6.20 Å². The number of aromatic nitrogens is 1. The molecule has 1 aromatic carbocycles. The zero-order valence-corrected chi connectivity index (χ0v) is 10.9. The van der Waals surface area contributed by atoms with Crippen molar-refractivity contribution in [3.05, 3.63) is 54.4 Å². The van der Waals surface area contributed by atoms with Crippen molar-refractivity contribution < 1.29 is 4.74 Å². The van der Waals surface area contributed by atoms with Crippen LogP contribution in [-0.4, -0.2) is 36.2 Å². The maximum absolute atomic E-state index is 5.38. The van der Waals surface area contributed by atoms with Crippen LogP contribution in [0, 0.1) is 6.07 Å². The Morgan fingerprint density at radius 1 is 1.21 bits per heavy atom. The Hall–Kier alpha value is -1.71. The Morgan fingerprint density at radius 2 is 2.11 bits per heavy atom. The predicted octanol–water partition coefficient (Wildman–Crippen LogP) is 2.38. The van der Waals surface area contributed by atoms with Crippen LogP contribution < -0.4 is 0 Å². The Balaban J connectivity index is 1.76. The van der Waals surface area contributed by atoms with Crippen molar-refractivity contribution in [1.29, 1.82) is 0 Å². The van der Waals surface area contributed by atoms with Gasteiger partial charge in [-0.1, -0.05) is 18.2 Å². The molecule has 0 bridgehead atoms. The van der Waals surface area contributed by atoms with E-state index in [1.807, 2.05) is 12.3 Å². The third-order valence-corrected chi connectivity index (χ3v) is 3.37. The van der Waals surface area contributed by atoms with Crippen LogP contribution in [0.15, 0.2) is 42.7 Å². The Morgan fingerprint density at radius 3 is 2.89 bits per heavy atom. The molecule has 3 heteroatoms. The third kappa shape index (κ3) is 3.19. The van der Waals surface area contributed by atoms with Gasteiger partial charge in [0.05, 0.1) is 13.2 Å². The molecule has 1 radical (unpaired) electrons. The van der Waals surface area contributed by atoms with Crippen LogP contribution in [0.1, 0.15) is 5.56 Å². The van der Waals surface area contributed by atoms with E-state index in [0.29, 0.717) is 0 Å². The largest absolute Gasteiger partial charge is 0.379 e. The average molecular weight is 253 g/mol. The van der Waals surface area contributed by atoms with Gasteiger partial charge >= 0.3 is 0 Å². The molecule has 3 rings (SSSR count). The minimum Gasteiger partial charge on any atom is -0.379 e. The minimum atomic E-state index is 0.844. The van der Waals surface area contributed by atoms with Crippen LogP contribution in [0.25, 0.3) is 11.1 Å². The van der Waals surface area contributed by atoms with Gasteiger partial charge in [-0.25, -0.2) is 0 Å². The summed E-state index contributed by atoms with van der Waals surface area (Å²) in [6, 6.07) is 13.6. The van der Waals surface area contributed by atoms with E-state index in [2.05, 4.69) is 40.2 Å². The van der Waals surface area contributed by atoms with E-state index in [-0.39, 0.29) is 0 Å². The van der Waals surface area contributed by atoms with Crippen LogP contribution in [0.2, 0.25) is 0 Å². The molecule has 2 aromatic rings. The molecule has 0 unspecified atom stereocenters. The molecule has 1 aliphatic heterocycles. The zero-order valence-electron chi connectivity index (χ0n) is 10.9. The van der Waals surface area contributed by atoms with Gasteiger partial charge in [-0.05, 0) is 23.3 Å². The highest BCUT2D eigenvalue weighted by molar-refractivity contribution is 5.62. The topological polar surface area (TPSA) is 25.4 Å². The molecule has 97 valence electrons. The van der Waals surface area contributed by atoms with Gasteiger partial charge in [0.15, 0.2) is 0 Å². The van der Waals surface area contributed by atoms with Crippen LogP contribution in [0.5, 0.6) is 0 Å². The summed E-state index contributed by atoms with van der Waals surface area (Å²) >= 11 is 0. The predicted molar refractivity (Wildman–Crippen MR) is 74.6 cm³/mol. The first kappa shape index (κ1) is 12.3. The number of benzene rings is 1. The molecule has 0 spiro atoms. The highest BCUT2D eigenvalue weighted by atomic mass is 16.5. The fraction of sp³-hybridized carbons (Fsp3) is 0.312. The summed E-state index contributed by atoms with van der Waals surface area (Å²) in [4.78, 5) is 6.55. The van der Waals surface area contributed by atoms with Gasteiger partial charge in [0.25, 0.3) is 0 Å². The molecule has 1 aliphatic rings. The summed E-state index contributed by atoms with van der Waals surface area (Å²) in [5.41, 5.74) is 3.66. The molecule has 1 aromatic heterocycles. The number of morpholine rings is 1. The van der Waals surface area contributed by atoms with Crippen LogP contribution in [0.3, 0.4) is 0 Å². The monoisotopic (exact) mass is 253 g/mol.